The molecule has 1 amide bonds. The Morgan fingerprint density at radius 1 is 1.18 bits per heavy atom. The van der Waals surface area contributed by atoms with Gasteiger partial charge >= 0.3 is 0 Å². The van der Waals surface area contributed by atoms with Crippen LogP contribution in [0.4, 0.5) is 11.4 Å². The summed E-state index contributed by atoms with van der Waals surface area (Å²) in [4.78, 5) is 18.7. The Bertz CT molecular complexity index is 478. The molecule has 0 radical (unpaired) electrons. The number of anilines is 2. The van der Waals surface area contributed by atoms with Gasteiger partial charge in [-0.1, -0.05) is 0 Å². The first-order valence-electron chi connectivity index (χ1n) is 8.00. The second-order valence-electron chi connectivity index (χ2n) is 6.38. The zero-order valence-electron chi connectivity index (χ0n) is 14.2. The second-order valence-corrected chi connectivity index (χ2v) is 6.38. The summed E-state index contributed by atoms with van der Waals surface area (Å²) in [7, 11) is 3.97. The van der Waals surface area contributed by atoms with E-state index in [0.717, 1.165) is 37.6 Å². The molecule has 0 aromatic heterocycles. The topological polar surface area (TPSA) is 38.8 Å². The van der Waals surface area contributed by atoms with Crippen LogP contribution in [0.15, 0.2) is 24.3 Å². The summed E-state index contributed by atoms with van der Waals surface area (Å²) >= 11 is 0. The van der Waals surface area contributed by atoms with Crippen molar-refractivity contribution in [3.05, 3.63) is 24.3 Å². The molecule has 1 aliphatic rings. The van der Waals surface area contributed by atoms with Gasteiger partial charge in [0.2, 0.25) is 5.91 Å². The summed E-state index contributed by atoms with van der Waals surface area (Å²) in [6.45, 7) is 8.72. The summed E-state index contributed by atoms with van der Waals surface area (Å²) in [6.07, 6.45) is 0. The number of benzene rings is 1. The third-order valence-electron chi connectivity index (χ3n) is 4.04. The molecule has 1 aliphatic heterocycles. The molecule has 5 nitrogen and oxygen atoms in total. The molecule has 0 unspecified atom stereocenters. The maximum Gasteiger partial charge on any atom is 0.240 e. The highest BCUT2D eigenvalue weighted by molar-refractivity contribution is 5.94. The van der Waals surface area contributed by atoms with Gasteiger partial charge in [-0.25, -0.2) is 0 Å². The fourth-order valence-corrected chi connectivity index (χ4v) is 2.56. The minimum absolute atomic E-state index is 0.147. The molecule has 22 heavy (non-hydrogen) atoms. The fraction of sp³-hybridized carbons (Fsp3) is 0.588. The molecule has 0 bridgehead atoms. The number of carbonyl (C=O) groups excluding carboxylic acids is 1. The molecule has 1 saturated heterocycles. The van der Waals surface area contributed by atoms with Crippen molar-refractivity contribution in [2.45, 2.75) is 19.9 Å². The molecule has 2 rings (SSSR count). The highest BCUT2D eigenvalue weighted by Crippen LogP contribution is 2.18. The number of hydrogen-bond donors (Lipinski definition) is 1. The lowest BCUT2D eigenvalue weighted by Gasteiger charge is -2.32. The smallest absolute Gasteiger partial charge is 0.240 e. The molecule has 122 valence electrons. The van der Waals surface area contributed by atoms with Crippen LogP contribution >= 0.6 is 0 Å². The normalized spacial score (nSPS) is 16.8. The van der Waals surface area contributed by atoms with Crippen molar-refractivity contribution in [3.8, 4) is 0 Å². The van der Waals surface area contributed by atoms with Gasteiger partial charge in [0.05, 0.1) is 6.54 Å². The van der Waals surface area contributed by atoms with Crippen molar-refractivity contribution in [2.24, 2.45) is 0 Å². The van der Waals surface area contributed by atoms with Gasteiger partial charge in [0.25, 0.3) is 0 Å². The third-order valence-corrected chi connectivity index (χ3v) is 4.04. The van der Waals surface area contributed by atoms with Crippen molar-refractivity contribution in [1.82, 2.24) is 9.80 Å². The van der Waals surface area contributed by atoms with Crippen LogP contribution in [0.1, 0.15) is 13.8 Å². The molecule has 1 heterocycles. The molecule has 1 aromatic rings. The first kappa shape index (κ1) is 16.8. The Hall–Kier alpha value is -1.59. The number of rotatable bonds is 5. The number of amides is 1. The Kier molecular flexibility index (Phi) is 5.80. The van der Waals surface area contributed by atoms with Gasteiger partial charge in [-0.15, -0.1) is 0 Å². The van der Waals surface area contributed by atoms with Crippen LogP contribution in [-0.4, -0.2) is 68.6 Å². The summed E-state index contributed by atoms with van der Waals surface area (Å²) in [5, 5.41) is 3.35. The fourth-order valence-electron chi connectivity index (χ4n) is 2.56. The van der Waals surface area contributed by atoms with Crippen LogP contribution in [0, 0.1) is 0 Å². The molecule has 0 aliphatic carbocycles. The van der Waals surface area contributed by atoms with E-state index in [4.69, 9.17) is 0 Å². The number of nitrogens with zero attached hydrogens (tertiary/aromatic N) is 3. The number of likely N-dealkylation sites (N-methyl/N-ethyl adjacent to an activating group) is 2. The SMILES string of the molecule is CC(C)Nc1ccc(N(C)C(=O)CN2CCN(C)CC2)cc1. The summed E-state index contributed by atoms with van der Waals surface area (Å²) < 4.78 is 0. The predicted molar refractivity (Wildman–Crippen MR) is 92.5 cm³/mol. The Morgan fingerprint density at radius 3 is 2.32 bits per heavy atom. The van der Waals surface area contributed by atoms with Crippen molar-refractivity contribution in [3.63, 3.8) is 0 Å². The molecule has 5 heteroatoms. The molecular formula is C17H28N4O. The monoisotopic (exact) mass is 304 g/mol. The number of carbonyl (C=O) groups is 1. The van der Waals surface area contributed by atoms with Crippen LogP contribution < -0.4 is 10.2 Å². The second kappa shape index (κ2) is 7.61. The van der Waals surface area contributed by atoms with Crippen molar-refractivity contribution in [2.75, 3.05) is 57.0 Å². The van der Waals surface area contributed by atoms with Gasteiger partial charge in [0.1, 0.15) is 0 Å². The van der Waals surface area contributed by atoms with Crippen molar-refractivity contribution >= 4 is 17.3 Å². The van der Waals surface area contributed by atoms with Crippen LogP contribution in [-0.2, 0) is 4.79 Å². The van der Waals surface area contributed by atoms with Gasteiger partial charge in [-0.2, -0.15) is 0 Å². The van der Waals surface area contributed by atoms with E-state index in [-0.39, 0.29) is 5.91 Å². The first-order chi connectivity index (χ1) is 10.5. The molecule has 0 spiro atoms. The lowest BCUT2D eigenvalue weighted by molar-refractivity contribution is -0.119. The Labute approximate surface area is 133 Å². The van der Waals surface area contributed by atoms with Gasteiger partial charge in [-0.3, -0.25) is 9.69 Å². The van der Waals surface area contributed by atoms with Gasteiger partial charge < -0.3 is 15.1 Å². The van der Waals surface area contributed by atoms with Crippen LogP contribution in [0.2, 0.25) is 0 Å². The van der Waals surface area contributed by atoms with Gasteiger partial charge in [0.15, 0.2) is 0 Å². The van der Waals surface area contributed by atoms with Crippen LogP contribution in [0.3, 0.4) is 0 Å². The maximum absolute atomic E-state index is 12.4. The summed E-state index contributed by atoms with van der Waals surface area (Å²) in [6, 6.07) is 8.44. The third kappa shape index (κ3) is 4.71. The summed E-state index contributed by atoms with van der Waals surface area (Å²) in [5.41, 5.74) is 2.02. The molecule has 1 fully saturated rings. The van der Waals surface area contributed by atoms with E-state index in [1.54, 1.807) is 4.90 Å². The average molecular weight is 304 g/mol. The molecule has 1 N–H and O–H groups in total. The van der Waals surface area contributed by atoms with Crippen molar-refractivity contribution < 1.29 is 4.79 Å². The molecule has 0 atom stereocenters. The Morgan fingerprint density at radius 2 is 1.77 bits per heavy atom. The van der Waals surface area contributed by atoms with E-state index in [9.17, 15) is 4.79 Å². The largest absolute Gasteiger partial charge is 0.383 e. The van der Waals surface area contributed by atoms with Gasteiger partial charge in [-0.05, 0) is 45.2 Å². The molecule has 0 saturated carbocycles. The van der Waals surface area contributed by atoms with Crippen molar-refractivity contribution in [1.29, 1.82) is 0 Å². The lowest BCUT2D eigenvalue weighted by Crippen LogP contribution is -2.48. The average Bonchev–Trinajstić information content (AvgIpc) is 2.49. The number of hydrogen-bond acceptors (Lipinski definition) is 4. The number of nitrogens with one attached hydrogen (secondary N) is 1. The van der Waals surface area contributed by atoms with Gasteiger partial charge in [0, 0.05) is 50.6 Å². The highest BCUT2D eigenvalue weighted by Gasteiger charge is 2.19. The van der Waals surface area contributed by atoms with Crippen LogP contribution in [0.25, 0.3) is 0 Å². The zero-order valence-corrected chi connectivity index (χ0v) is 14.2. The van der Waals surface area contributed by atoms with E-state index in [2.05, 4.69) is 36.0 Å². The minimum atomic E-state index is 0.147. The highest BCUT2D eigenvalue weighted by atomic mass is 16.2. The summed E-state index contributed by atoms with van der Waals surface area (Å²) in [5.74, 6) is 0.147. The van der Waals surface area contributed by atoms with E-state index < -0.39 is 0 Å². The minimum Gasteiger partial charge on any atom is -0.383 e. The van der Waals surface area contributed by atoms with Crippen LogP contribution in [0.5, 0.6) is 0 Å². The van der Waals surface area contributed by atoms with E-state index >= 15 is 0 Å². The van der Waals surface area contributed by atoms with E-state index in [1.807, 2.05) is 31.3 Å². The Balaban J connectivity index is 1.89. The first-order valence-corrected chi connectivity index (χ1v) is 8.00. The quantitative estimate of drug-likeness (QED) is 0.899. The zero-order chi connectivity index (χ0) is 16.1. The predicted octanol–water partition coefficient (Wildman–Crippen LogP) is 1.72. The molecule has 1 aromatic carbocycles. The van der Waals surface area contributed by atoms with E-state index in [0.29, 0.717) is 12.6 Å². The lowest BCUT2D eigenvalue weighted by atomic mass is 10.2. The standard InChI is InChI=1S/C17H28N4O/c1-14(2)18-15-5-7-16(8-6-15)20(4)17(22)13-21-11-9-19(3)10-12-21/h5-8,14,18H,9-13H2,1-4H3. The molecular weight excluding hydrogens is 276 g/mol. The van der Waals surface area contributed by atoms with E-state index in [1.165, 1.54) is 0 Å². The number of piperazine rings is 1. The maximum atomic E-state index is 12.4.